The Hall–Kier alpha value is -2.98. The maximum absolute atomic E-state index is 12.3. The molecule has 0 bridgehead atoms. The van der Waals surface area contributed by atoms with Gasteiger partial charge in [0.2, 0.25) is 0 Å². The predicted molar refractivity (Wildman–Crippen MR) is 108 cm³/mol. The van der Waals surface area contributed by atoms with E-state index in [1.807, 2.05) is 0 Å². The Morgan fingerprint density at radius 3 is 2.75 bits per heavy atom. The Labute approximate surface area is 169 Å². The van der Waals surface area contributed by atoms with Crippen LogP contribution in [0.1, 0.15) is 16.9 Å². The van der Waals surface area contributed by atoms with Crippen LogP contribution in [0.2, 0.25) is 0 Å². The third kappa shape index (κ3) is 3.82. The highest BCUT2D eigenvalue weighted by Gasteiger charge is 2.33. The van der Waals surface area contributed by atoms with E-state index in [1.165, 1.54) is 12.1 Å². The largest absolute Gasteiger partial charge is 0.480 e. The SMILES string of the molecule is Cc1cc(-c2ccc(/C=C3/SC(=S)N(CC(=O)O)C3=O)o2)cc([N+](=O)[O-])c1C. The first-order valence-corrected chi connectivity index (χ1v) is 9.23. The van der Waals surface area contributed by atoms with Gasteiger partial charge in [0.1, 0.15) is 22.4 Å². The predicted octanol–water partition coefficient (Wildman–Crippen LogP) is 3.76. The lowest BCUT2D eigenvalue weighted by atomic mass is 10.0. The van der Waals surface area contributed by atoms with Crippen LogP contribution in [0.15, 0.2) is 33.6 Å². The Bertz CT molecular complexity index is 1060. The van der Waals surface area contributed by atoms with Gasteiger partial charge in [-0.15, -0.1) is 0 Å². The number of aryl methyl sites for hydroxylation is 1. The standard InChI is InChI=1S/C18H14N2O6S2/c1-9-5-11(6-13(10(9)2)20(24)25)14-4-3-12(26-14)7-15-17(23)19(8-16(21)22)18(27)28-15/h3-7H,8H2,1-2H3,(H,21,22)/b15-7+. The molecular formula is C18H14N2O6S2. The van der Waals surface area contributed by atoms with Crippen LogP contribution >= 0.6 is 24.0 Å². The molecule has 1 aliphatic rings. The fourth-order valence-corrected chi connectivity index (χ4v) is 3.89. The van der Waals surface area contributed by atoms with Crippen molar-refractivity contribution in [1.82, 2.24) is 4.90 Å². The van der Waals surface area contributed by atoms with Crippen LogP contribution in [0.25, 0.3) is 17.4 Å². The van der Waals surface area contributed by atoms with E-state index in [9.17, 15) is 19.7 Å². The molecule has 144 valence electrons. The minimum absolute atomic E-state index is 0.00231. The van der Waals surface area contributed by atoms with E-state index in [4.69, 9.17) is 21.7 Å². The number of carboxylic acid groups (broad SMARTS) is 1. The van der Waals surface area contributed by atoms with Gasteiger partial charge < -0.3 is 9.52 Å². The number of nitrogens with zero attached hydrogens (tertiary/aromatic N) is 2. The molecule has 0 spiro atoms. The molecule has 1 aliphatic heterocycles. The molecule has 3 rings (SSSR count). The van der Waals surface area contributed by atoms with Crippen molar-refractivity contribution < 1.29 is 24.0 Å². The van der Waals surface area contributed by atoms with E-state index in [-0.39, 0.29) is 14.9 Å². The van der Waals surface area contributed by atoms with Gasteiger partial charge in [-0.3, -0.25) is 24.6 Å². The highest BCUT2D eigenvalue weighted by molar-refractivity contribution is 8.26. The summed E-state index contributed by atoms with van der Waals surface area (Å²) in [5.41, 5.74) is 1.90. The van der Waals surface area contributed by atoms with Crippen molar-refractivity contribution in [2.45, 2.75) is 13.8 Å². The number of carbonyl (C=O) groups excluding carboxylic acids is 1. The molecule has 1 fully saturated rings. The van der Waals surface area contributed by atoms with Crippen molar-refractivity contribution in [2.24, 2.45) is 0 Å². The number of nitro groups is 1. The highest BCUT2D eigenvalue weighted by Crippen LogP contribution is 2.34. The zero-order chi connectivity index (χ0) is 20.6. The number of thioether (sulfide) groups is 1. The van der Waals surface area contributed by atoms with Crippen molar-refractivity contribution in [1.29, 1.82) is 0 Å². The van der Waals surface area contributed by atoms with Gasteiger partial charge in [-0.05, 0) is 37.6 Å². The van der Waals surface area contributed by atoms with E-state index < -0.39 is 23.3 Å². The summed E-state index contributed by atoms with van der Waals surface area (Å²) in [6.07, 6.45) is 1.47. The first-order valence-electron chi connectivity index (χ1n) is 8.00. The minimum Gasteiger partial charge on any atom is -0.480 e. The van der Waals surface area contributed by atoms with Crippen molar-refractivity contribution in [3.63, 3.8) is 0 Å². The lowest BCUT2D eigenvalue weighted by Crippen LogP contribution is -2.33. The van der Waals surface area contributed by atoms with Gasteiger partial charge in [0, 0.05) is 23.3 Å². The van der Waals surface area contributed by atoms with Crippen LogP contribution in [0, 0.1) is 24.0 Å². The van der Waals surface area contributed by atoms with Crippen LogP contribution in [-0.4, -0.2) is 37.7 Å². The summed E-state index contributed by atoms with van der Waals surface area (Å²) in [5.74, 6) is -0.892. The minimum atomic E-state index is -1.16. The number of amides is 1. The fraction of sp³-hybridized carbons (Fsp3) is 0.167. The van der Waals surface area contributed by atoms with E-state index in [2.05, 4.69) is 0 Å². The molecule has 2 aromatic rings. The molecular weight excluding hydrogens is 404 g/mol. The third-order valence-electron chi connectivity index (χ3n) is 4.19. The van der Waals surface area contributed by atoms with E-state index in [1.54, 1.807) is 32.0 Å². The normalized spacial score (nSPS) is 15.5. The molecule has 0 saturated carbocycles. The van der Waals surface area contributed by atoms with E-state index in [0.29, 0.717) is 22.6 Å². The number of aliphatic carboxylic acids is 1. The third-order valence-corrected chi connectivity index (χ3v) is 5.57. The van der Waals surface area contributed by atoms with Crippen molar-refractivity contribution in [3.05, 3.63) is 56.2 Å². The Balaban J connectivity index is 1.91. The number of hydrogen-bond acceptors (Lipinski definition) is 7. The molecule has 0 unspecified atom stereocenters. The van der Waals surface area contributed by atoms with Gasteiger partial charge in [0.25, 0.3) is 11.6 Å². The van der Waals surface area contributed by atoms with Crippen LogP contribution < -0.4 is 0 Å². The molecule has 10 heteroatoms. The van der Waals surface area contributed by atoms with Crippen LogP contribution in [-0.2, 0) is 9.59 Å². The molecule has 1 saturated heterocycles. The summed E-state index contributed by atoms with van der Waals surface area (Å²) >= 11 is 6.04. The lowest BCUT2D eigenvalue weighted by Gasteiger charge is -2.09. The number of carbonyl (C=O) groups is 2. The number of thiocarbonyl (C=S) groups is 1. The molecule has 28 heavy (non-hydrogen) atoms. The van der Waals surface area contributed by atoms with Gasteiger partial charge in [-0.25, -0.2) is 0 Å². The maximum Gasteiger partial charge on any atom is 0.323 e. The molecule has 0 radical (unpaired) electrons. The molecule has 1 amide bonds. The van der Waals surface area contributed by atoms with E-state index >= 15 is 0 Å². The molecule has 0 aliphatic carbocycles. The number of nitro benzene ring substituents is 1. The molecule has 1 aromatic carbocycles. The summed E-state index contributed by atoms with van der Waals surface area (Å²) in [6.45, 7) is 2.96. The number of carboxylic acids is 1. The van der Waals surface area contributed by atoms with Gasteiger partial charge in [0.05, 0.1) is 9.83 Å². The first kappa shape index (κ1) is 19.8. The number of furan rings is 1. The summed E-state index contributed by atoms with van der Waals surface area (Å²) < 4.78 is 5.88. The van der Waals surface area contributed by atoms with Gasteiger partial charge in [0.15, 0.2) is 0 Å². The molecule has 2 heterocycles. The number of benzene rings is 1. The zero-order valence-electron chi connectivity index (χ0n) is 14.8. The molecule has 1 N–H and O–H groups in total. The van der Waals surface area contributed by atoms with Gasteiger partial charge in [-0.1, -0.05) is 24.0 Å². The fourth-order valence-electron chi connectivity index (χ4n) is 2.66. The Morgan fingerprint density at radius 2 is 2.11 bits per heavy atom. The van der Waals surface area contributed by atoms with Crippen LogP contribution in [0.3, 0.4) is 0 Å². The second-order valence-electron chi connectivity index (χ2n) is 6.06. The number of hydrogen-bond donors (Lipinski definition) is 1. The second-order valence-corrected chi connectivity index (χ2v) is 7.73. The van der Waals surface area contributed by atoms with Gasteiger partial charge >= 0.3 is 5.97 Å². The maximum atomic E-state index is 12.3. The topological polar surface area (TPSA) is 114 Å². The average molecular weight is 418 g/mol. The highest BCUT2D eigenvalue weighted by atomic mass is 32.2. The van der Waals surface area contributed by atoms with Crippen molar-refractivity contribution in [3.8, 4) is 11.3 Å². The smallest absolute Gasteiger partial charge is 0.323 e. The summed E-state index contributed by atoms with van der Waals surface area (Å²) in [4.78, 5) is 35.2. The van der Waals surface area contributed by atoms with Crippen LogP contribution in [0.5, 0.6) is 0 Å². The Kier molecular flexibility index (Phi) is 5.34. The molecule has 8 nitrogen and oxygen atoms in total. The number of rotatable bonds is 5. The Morgan fingerprint density at radius 1 is 1.39 bits per heavy atom. The second kappa shape index (κ2) is 7.56. The summed E-state index contributed by atoms with van der Waals surface area (Å²) in [6, 6.07) is 6.51. The van der Waals surface area contributed by atoms with E-state index in [0.717, 1.165) is 22.2 Å². The first-order chi connectivity index (χ1) is 13.2. The zero-order valence-corrected chi connectivity index (χ0v) is 16.4. The van der Waals surface area contributed by atoms with Crippen LogP contribution in [0.4, 0.5) is 5.69 Å². The molecule has 0 atom stereocenters. The monoisotopic (exact) mass is 418 g/mol. The van der Waals surface area contributed by atoms with Crippen molar-refractivity contribution in [2.75, 3.05) is 6.54 Å². The molecule has 1 aromatic heterocycles. The van der Waals surface area contributed by atoms with Gasteiger partial charge in [-0.2, -0.15) is 0 Å². The summed E-state index contributed by atoms with van der Waals surface area (Å²) in [7, 11) is 0. The lowest BCUT2D eigenvalue weighted by molar-refractivity contribution is -0.385. The average Bonchev–Trinajstić information content (AvgIpc) is 3.17. The quantitative estimate of drug-likeness (QED) is 0.338. The van der Waals surface area contributed by atoms with Crippen molar-refractivity contribution >= 4 is 51.9 Å². The summed E-state index contributed by atoms with van der Waals surface area (Å²) in [5, 5.41) is 20.1.